The van der Waals surface area contributed by atoms with Crippen LogP contribution >= 0.6 is 23.3 Å². The molecule has 1 aliphatic carbocycles. The minimum Gasteiger partial charge on any atom is -0.314 e. The molecule has 5 heteroatoms. The molecule has 0 radical (unpaired) electrons. The van der Waals surface area contributed by atoms with Crippen LogP contribution in [0, 0.1) is 6.92 Å². The Balaban J connectivity index is 1.80. The van der Waals surface area contributed by atoms with E-state index in [4.69, 9.17) is 0 Å². The van der Waals surface area contributed by atoms with Crippen LogP contribution in [-0.4, -0.2) is 27.2 Å². The minimum absolute atomic E-state index is 0.718. The molecule has 2 unspecified atom stereocenters. The molecule has 2 atom stereocenters. The molecule has 1 aliphatic rings. The van der Waals surface area contributed by atoms with Crippen LogP contribution in [0.2, 0.25) is 0 Å². The van der Waals surface area contributed by atoms with Gasteiger partial charge in [0.2, 0.25) is 0 Å². The van der Waals surface area contributed by atoms with E-state index in [-0.39, 0.29) is 0 Å². The Hall–Kier alpha value is -0.130. The van der Waals surface area contributed by atoms with Gasteiger partial charge in [-0.15, -0.1) is 0 Å². The Morgan fingerprint density at radius 2 is 2.35 bits per heavy atom. The number of hydrogen-bond acceptors (Lipinski definition) is 5. The van der Waals surface area contributed by atoms with Gasteiger partial charge in [-0.3, -0.25) is 0 Å². The lowest BCUT2D eigenvalue weighted by molar-refractivity contribution is 0.381. The largest absolute Gasteiger partial charge is 0.314 e. The van der Waals surface area contributed by atoms with Gasteiger partial charge in [-0.05, 0) is 50.7 Å². The van der Waals surface area contributed by atoms with Crippen molar-refractivity contribution in [2.45, 2.75) is 61.6 Å². The highest BCUT2D eigenvalue weighted by atomic mass is 32.2. The van der Waals surface area contributed by atoms with Gasteiger partial charge in [0.25, 0.3) is 0 Å². The third kappa shape index (κ3) is 4.23. The van der Waals surface area contributed by atoms with Crippen LogP contribution in [0.3, 0.4) is 0 Å². The van der Waals surface area contributed by atoms with Crippen LogP contribution in [0.1, 0.15) is 44.9 Å². The number of thioether (sulfide) groups is 1. The second-order valence-corrected chi connectivity index (χ2v) is 6.96. The number of nitrogens with zero attached hydrogens (tertiary/aromatic N) is 2. The van der Waals surface area contributed by atoms with Gasteiger partial charge in [0.15, 0.2) is 4.34 Å². The zero-order chi connectivity index (χ0) is 12.1. The second kappa shape index (κ2) is 6.71. The molecular formula is C12H21N3S2. The summed E-state index contributed by atoms with van der Waals surface area (Å²) in [6, 6.07) is 0.718. The minimum atomic E-state index is 0.718. The van der Waals surface area contributed by atoms with Crippen molar-refractivity contribution < 1.29 is 0 Å². The van der Waals surface area contributed by atoms with Crippen LogP contribution in [0.25, 0.3) is 0 Å². The van der Waals surface area contributed by atoms with E-state index >= 15 is 0 Å². The standard InChI is InChI=1S/C12H21N3S2/c1-3-7-13-10-5-4-6-11(8-10)16-12-14-9(2)15-17-12/h10-11,13H,3-8H2,1-2H3. The van der Waals surface area contributed by atoms with Crippen molar-refractivity contribution in [1.82, 2.24) is 14.7 Å². The molecule has 0 aromatic carbocycles. The number of hydrogen-bond donors (Lipinski definition) is 1. The molecule has 1 saturated carbocycles. The van der Waals surface area contributed by atoms with Crippen LogP contribution < -0.4 is 5.32 Å². The summed E-state index contributed by atoms with van der Waals surface area (Å²) in [7, 11) is 0. The quantitative estimate of drug-likeness (QED) is 0.892. The van der Waals surface area contributed by atoms with Crippen molar-refractivity contribution in [2.24, 2.45) is 0 Å². The van der Waals surface area contributed by atoms with E-state index in [2.05, 4.69) is 21.6 Å². The second-order valence-electron chi connectivity index (χ2n) is 4.67. The fraction of sp³-hybridized carbons (Fsp3) is 0.833. The van der Waals surface area contributed by atoms with Crippen LogP contribution in [0.15, 0.2) is 4.34 Å². The SMILES string of the molecule is CCCNC1CCCC(Sc2nc(C)ns2)C1. The molecule has 1 heterocycles. The van der Waals surface area contributed by atoms with Crippen molar-refractivity contribution in [3.63, 3.8) is 0 Å². The van der Waals surface area contributed by atoms with E-state index in [1.807, 2.05) is 18.7 Å². The molecule has 1 fully saturated rings. The normalized spacial score (nSPS) is 25.1. The van der Waals surface area contributed by atoms with Gasteiger partial charge in [-0.1, -0.05) is 25.1 Å². The van der Waals surface area contributed by atoms with Crippen LogP contribution in [0.4, 0.5) is 0 Å². The molecule has 1 aromatic rings. The lowest BCUT2D eigenvalue weighted by atomic mass is 9.95. The lowest BCUT2D eigenvalue weighted by Gasteiger charge is -2.28. The maximum Gasteiger partial charge on any atom is 0.170 e. The molecular weight excluding hydrogens is 250 g/mol. The summed E-state index contributed by atoms with van der Waals surface area (Å²) in [6.45, 7) is 5.35. The Kier molecular flexibility index (Phi) is 5.25. The fourth-order valence-corrected chi connectivity index (χ4v) is 4.45. The smallest absolute Gasteiger partial charge is 0.170 e. The van der Waals surface area contributed by atoms with E-state index in [9.17, 15) is 0 Å². The van der Waals surface area contributed by atoms with Crippen molar-refractivity contribution in [2.75, 3.05) is 6.54 Å². The summed E-state index contributed by atoms with van der Waals surface area (Å²) in [5, 5.41) is 4.37. The van der Waals surface area contributed by atoms with Gasteiger partial charge >= 0.3 is 0 Å². The maximum atomic E-state index is 4.44. The average Bonchev–Trinajstić information content (AvgIpc) is 2.73. The zero-order valence-corrected chi connectivity index (χ0v) is 12.2. The van der Waals surface area contributed by atoms with E-state index < -0.39 is 0 Å². The highest BCUT2D eigenvalue weighted by molar-refractivity contribution is 8.01. The highest BCUT2D eigenvalue weighted by Gasteiger charge is 2.23. The molecule has 1 aromatic heterocycles. The first-order valence-corrected chi connectivity index (χ1v) is 8.13. The zero-order valence-electron chi connectivity index (χ0n) is 10.6. The first-order chi connectivity index (χ1) is 8.28. The van der Waals surface area contributed by atoms with Crippen LogP contribution in [-0.2, 0) is 0 Å². The van der Waals surface area contributed by atoms with Gasteiger partial charge in [0.05, 0.1) is 0 Å². The summed E-state index contributed by atoms with van der Waals surface area (Å²) < 4.78 is 5.39. The predicted molar refractivity (Wildman–Crippen MR) is 74.8 cm³/mol. The van der Waals surface area contributed by atoms with Gasteiger partial charge in [0.1, 0.15) is 5.82 Å². The topological polar surface area (TPSA) is 37.8 Å². The summed E-state index contributed by atoms with van der Waals surface area (Å²) in [5.74, 6) is 0.911. The third-order valence-electron chi connectivity index (χ3n) is 3.09. The van der Waals surface area contributed by atoms with Crippen molar-refractivity contribution in [1.29, 1.82) is 0 Å². The monoisotopic (exact) mass is 271 g/mol. The molecule has 17 heavy (non-hydrogen) atoms. The molecule has 0 saturated heterocycles. The maximum absolute atomic E-state index is 4.44. The first kappa shape index (κ1) is 13.3. The molecule has 2 rings (SSSR count). The molecule has 96 valence electrons. The van der Waals surface area contributed by atoms with Crippen molar-refractivity contribution in [3.05, 3.63) is 5.82 Å². The van der Waals surface area contributed by atoms with E-state index in [0.29, 0.717) is 0 Å². The number of aryl methyl sites for hydroxylation is 1. The average molecular weight is 271 g/mol. The summed E-state index contributed by atoms with van der Waals surface area (Å²) in [5.41, 5.74) is 0. The molecule has 3 nitrogen and oxygen atoms in total. The summed E-state index contributed by atoms with van der Waals surface area (Å²) in [4.78, 5) is 4.44. The van der Waals surface area contributed by atoms with E-state index in [1.165, 1.54) is 32.1 Å². The Morgan fingerprint density at radius 1 is 1.47 bits per heavy atom. The molecule has 0 amide bonds. The third-order valence-corrected chi connectivity index (χ3v) is 5.26. The highest BCUT2D eigenvalue weighted by Crippen LogP contribution is 2.34. The number of nitrogens with one attached hydrogen (secondary N) is 1. The van der Waals surface area contributed by atoms with Gasteiger partial charge in [-0.2, -0.15) is 4.37 Å². The van der Waals surface area contributed by atoms with E-state index in [0.717, 1.165) is 28.0 Å². The number of rotatable bonds is 5. The molecule has 0 aliphatic heterocycles. The fourth-order valence-electron chi connectivity index (χ4n) is 2.25. The summed E-state index contributed by atoms with van der Waals surface area (Å²) >= 11 is 3.47. The van der Waals surface area contributed by atoms with Gasteiger partial charge in [-0.25, -0.2) is 4.98 Å². The van der Waals surface area contributed by atoms with Gasteiger partial charge in [0, 0.05) is 11.3 Å². The Labute approximate surface area is 112 Å². The Bertz CT molecular complexity index is 340. The van der Waals surface area contributed by atoms with E-state index in [1.54, 1.807) is 11.5 Å². The van der Waals surface area contributed by atoms with Crippen LogP contribution in [0.5, 0.6) is 0 Å². The lowest BCUT2D eigenvalue weighted by Crippen LogP contribution is -2.35. The predicted octanol–water partition coefficient (Wildman–Crippen LogP) is 3.25. The molecule has 1 N–H and O–H groups in total. The first-order valence-electron chi connectivity index (χ1n) is 6.48. The number of aromatic nitrogens is 2. The van der Waals surface area contributed by atoms with Crippen molar-refractivity contribution >= 4 is 23.3 Å². The Morgan fingerprint density at radius 3 is 3.06 bits per heavy atom. The van der Waals surface area contributed by atoms with Gasteiger partial charge < -0.3 is 5.32 Å². The molecule has 0 spiro atoms. The van der Waals surface area contributed by atoms with Crippen molar-refractivity contribution in [3.8, 4) is 0 Å². The molecule has 0 bridgehead atoms. The summed E-state index contributed by atoms with van der Waals surface area (Å²) in [6.07, 6.45) is 6.52.